The lowest BCUT2D eigenvalue weighted by Gasteiger charge is -2.08. The van der Waals surface area contributed by atoms with Gasteiger partial charge in [0.25, 0.3) is 5.91 Å². The summed E-state index contributed by atoms with van der Waals surface area (Å²) < 4.78 is 20.6. The molecule has 7 nitrogen and oxygen atoms in total. The van der Waals surface area contributed by atoms with Gasteiger partial charge in [-0.3, -0.25) is 4.79 Å². The van der Waals surface area contributed by atoms with Crippen LogP contribution in [0.4, 0.5) is 10.1 Å². The third-order valence-electron chi connectivity index (χ3n) is 4.06. The Hall–Kier alpha value is -3.81. The third-order valence-corrected chi connectivity index (χ3v) is 4.06. The van der Waals surface area contributed by atoms with Crippen LogP contribution in [0.2, 0.25) is 0 Å². The molecule has 0 fully saturated rings. The minimum Gasteiger partial charge on any atom is -0.423 e. The van der Waals surface area contributed by atoms with E-state index in [2.05, 4.69) is 20.6 Å². The fraction of sp³-hybridized carbons (Fsp3) is 0.0526. The molecule has 8 heteroatoms. The van der Waals surface area contributed by atoms with Crippen molar-refractivity contribution in [3.8, 4) is 17.1 Å². The molecule has 0 spiro atoms. The van der Waals surface area contributed by atoms with Crippen LogP contribution in [-0.4, -0.2) is 25.9 Å². The van der Waals surface area contributed by atoms with E-state index in [0.29, 0.717) is 28.4 Å². The van der Waals surface area contributed by atoms with E-state index in [1.807, 2.05) is 0 Å². The van der Waals surface area contributed by atoms with Gasteiger partial charge in [-0.25, -0.2) is 9.07 Å². The Balaban J connectivity index is 1.60. The molecule has 2 aromatic carbocycles. The largest absolute Gasteiger partial charge is 0.423 e. The van der Waals surface area contributed by atoms with E-state index in [1.54, 1.807) is 49.4 Å². The molecule has 2 heterocycles. The van der Waals surface area contributed by atoms with Crippen molar-refractivity contribution in [2.75, 3.05) is 5.32 Å². The van der Waals surface area contributed by atoms with E-state index in [4.69, 9.17) is 4.42 Å². The predicted octanol–water partition coefficient (Wildman–Crippen LogP) is 3.62. The van der Waals surface area contributed by atoms with Crippen LogP contribution in [0.25, 0.3) is 17.1 Å². The molecule has 0 saturated carbocycles. The minimum atomic E-state index is -0.414. The van der Waals surface area contributed by atoms with Gasteiger partial charge in [-0.1, -0.05) is 18.2 Å². The van der Waals surface area contributed by atoms with E-state index in [9.17, 15) is 9.18 Å². The number of nitrogens with one attached hydrogen (secondary N) is 1. The first-order valence-corrected chi connectivity index (χ1v) is 8.11. The summed E-state index contributed by atoms with van der Waals surface area (Å²) in [5.74, 6) is -0.407. The number of para-hydroxylation sites is 1. The monoisotopic (exact) mass is 363 g/mol. The first kappa shape index (κ1) is 16.6. The molecule has 0 aliphatic heterocycles. The van der Waals surface area contributed by atoms with Gasteiger partial charge >= 0.3 is 0 Å². The normalized spacial score (nSPS) is 10.7. The Morgan fingerprint density at radius 1 is 1.19 bits per heavy atom. The van der Waals surface area contributed by atoms with Gasteiger partial charge in [-0.05, 0) is 37.3 Å². The summed E-state index contributed by atoms with van der Waals surface area (Å²) in [4.78, 5) is 12.7. The summed E-state index contributed by atoms with van der Waals surface area (Å²) in [5.41, 5.74) is 2.41. The quantitative estimate of drug-likeness (QED) is 0.598. The van der Waals surface area contributed by atoms with Gasteiger partial charge in [-0.15, -0.1) is 10.2 Å². The van der Waals surface area contributed by atoms with E-state index < -0.39 is 5.82 Å². The SMILES string of the molecule is Cc1c(C(=O)Nc2cccc(-c3nnco3)c2)cnn1-c1ccccc1F. The van der Waals surface area contributed by atoms with Gasteiger partial charge in [0, 0.05) is 11.3 Å². The van der Waals surface area contributed by atoms with Crippen LogP contribution in [0.3, 0.4) is 0 Å². The number of halogens is 1. The zero-order valence-corrected chi connectivity index (χ0v) is 14.3. The second kappa shape index (κ2) is 6.83. The summed E-state index contributed by atoms with van der Waals surface area (Å²) in [6.45, 7) is 1.71. The zero-order valence-electron chi connectivity index (χ0n) is 14.3. The van der Waals surface area contributed by atoms with Crippen molar-refractivity contribution in [2.24, 2.45) is 0 Å². The second-order valence-electron chi connectivity index (χ2n) is 5.79. The maximum atomic E-state index is 14.0. The number of carbonyl (C=O) groups is 1. The molecule has 1 amide bonds. The maximum absolute atomic E-state index is 14.0. The summed E-state index contributed by atoms with van der Waals surface area (Å²) in [5, 5.41) is 14.4. The number of hydrogen-bond donors (Lipinski definition) is 1. The highest BCUT2D eigenvalue weighted by atomic mass is 19.1. The van der Waals surface area contributed by atoms with Gasteiger partial charge in [0.05, 0.1) is 17.5 Å². The Morgan fingerprint density at radius 2 is 2.04 bits per heavy atom. The fourth-order valence-electron chi connectivity index (χ4n) is 2.73. The molecular weight excluding hydrogens is 349 g/mol. The Kier molecular flexibility index (Phi) is 4.21. The number of rotatable bonds is 4. The maximum Gasteiger partial charge on any atom is 0.259 e. The lowest BCUT2D eigenvalue weighted by Crippen LogP contribution is -2.13. The van der Waals surface area contributed by atoms with Crippen LogP contribution < -0.4 is 5.32 Å². The van der Waals surface area contributed by atoms with Gasteiger partial charge in [0.2, 0.25) is 12.3 Å². The van der Waals surface area contributed by atoms with E-state index in [0.717, 1.165) is 0 Å². The average molecular weight is 363 g/mol. The molecule has 0 radical (unpaired) electrons. The molecule has 2 aromatic heterocycles. The number of anilines is 1. The molecular formula is C19H14FN5O2. The van der Waals surface area contributed by atoms with Crippen LogP contribution in [0, 0.1) is 12.7 Å². The topological polar surface area (TPSA) is 85.8 Å². The molecule has 0 bridgehead atoms. The summed E-state index contributed by atoms with van der Waals surface area (Å²) in [6.07, 6.45) is 2.65. The summed E-state index contributed by atoms with van der Waals surface area (Å²) in [6, 6.07) is 13.3. The van der Waals surface area contributed by atoms with Crippen LogP contribution in [-0.2, 0) is 0 Å². The second-order valence-corrected chi connectivity index (χ2v) is 5.79. The number of hydrogen-bond acceptors (Lipinski definition) is 5. The molecule has 0 aliphatic rings. The molecule has 0 unspecified atom stereocenters. The molecule has 0 aliphatic carbocycles. The van der Waals surface area contributed by atoms with Gasteiger partial charge in [0.15, 0.2) is 0 Å². The van der Waals surface area contributed by atoms with Crippen molar-refractivity contribution in [2.45, 2.75) is 6.92 Å². The number of nitrogens with zero attached hydrogens (tertiary/aromatic N) is 4. The third kappa shape index (κ3) is 3.20. The standard InChI is InChI=1S/C19H14FN5O2/c1-12-15(10-22-25(12)17-8-3-2-7-16(17)20)18(26)23-14-6-4-5-13(9-14)19-24-21-11-27-19/h2-11H,1H3,(H,23,26). The van der Waals surface area contributed by atoms with Crippen LogP contribution >= 0.6 is 0 Å². The van der Waals surface area contributed by atoms with E-state index in [-0.39, 0.29) is 11.6 Å². The lowest BCUT2D eigenvalue weighted by molar-refractivity contribution is 0.102. The first-order chi connectivity index (χ1) is 13.1. The van der Waals surface area contributed by atoms with Gasteiger partial charge < -0.3 is 9.73 Å². The molecule has 0 saturated heterocycles. The predicted molar refractivity (Wildman–Crippen MR) is 95.9 cm³/mol. The van der Waals surface area contributed by atoms with Crippen molar-refractivity contribution >= 4 is 11.6 Å². The summed E-state index contributed by atoms with van der Waals surface area (Å²) >= 11 is 0. The number of amides is 1. The van der Waals surface area contributed by atoms with Crippen molar-refractivity contribution < 1.29 is 13.6 Å². The molecule has 4 aromatic rings. The van der Waals surface area contributed by atoms with Gasteiger partial charge in [-0.2, -0.15) is 5.10 Å². The highest BCUT2D eigenvalue weighted by Crippen LogP contribution is 2.22. The number of carbonyl (C=O) groups excluding carboxylic acids is 1. The molecule has 1 N–H and O–H groups in total. The molecule has 134 valence electrons. The smallest absolute Gasteiger partial charge is 0.259 e. The highest BCUT2D eigenvalue weighted by Gasteiger charge is 2.17. The van der Waals surface area contributed by atoms with Crippen LogP contribution in [0.5, 0.6) is 0 Å². The van der Waals surface area contributed by atoms with Crippen molar-refractivity contribution in [1.29, 1.82) is 0 Å². The van der Waals surface area contributed by atoms with Crippen molar-refractivity contribution in [3.63, 3.8) is 0 Å². The number of aromatic nitrogens is 4. The molecule has 27 heavy (non-hydrogen) atoms. The van der Waals surface area contributed by atoms with Crippen LogP contribution in [0.1, 0.15) is 16.1 Å². The van der Waals surface area contributed by atoms with E-state index >= 15 is 0 Å². The van der Waals surface area contributed by atoms with E-state index in [1.165, 1.54) is 23.3 Å². The minimum absolute atomic E-state index is 0.285. The van der Waals surface area contributed by atoms with Crippen molar-refractivity contribution in [3.05, 3.63) is 78.2 Å². The van der Waals surface area contributed by atoms with Gasteiger partial charge in [0.1, 0.15) is 11.5 Å². The molecule has 4 rings (SSSR count). The zero-order chi connectivity index (χ0) is 18.8. The molecule has 0 atom stereocenters. The Labute approximate surface area is 153 Å². The Morgan fingerprint density at radius 3 is 2.81 bits per heavy atom. The highest BCUT2D eigenvalue weighted by molar-refractivity contribution is 6.05. The summed E-state index contributed by atoms with van der Waals surface area (Å²) in [7, 11) is 0. The van der Waals surface area contributed by atoms with Crippen molar-refractivity contribution in [1.82, 2.24) is 20.0 Å². The first-order valence-electron chi connectivity index (χ1n) is 8.11. The fourth-order valence-corrected chi connectivity index (χ4v) is 2.73. The lowest BCUT2D eigenvalue weighted by atomic mass is 10.2. The average Bonchev–Trinajstić information content (AvgIpc) is 3.32. The number of benzene rings is 2. The Bertz CT molecular complexity index is 1110. The van der Waals surface area contributed by atoms with Crippen LogP contribution in [0.15, 0.2) is 65.5 Å².